The van der Waals surface area contributed by atoms with Gasteiger partial charge in [-0.2, -0.15) is 0 Å². The fourth-order valence-electron chi connectivity index (χ4n) is 3.31. The molecule has 3 N–H and O–H groups in total. The van der Waals surface area contributed by atoms with Gasteiger partial charge in [-0.1, -0.05) is 35.9 Å². The van der Waals surface area contributed by atoms with Gasteiger partial charge in [0, 0.05) is 56.9 Å². The number of ether oxygens (including phenoxy) is 1. The van der Waals surface area contributed by atoms with Crippen molar-refractivity contribution >= 4 is 29.2 Å². The number of carbonyl (C=O) groups excluding carboxylic acids is 1. The van der Waals surface area contributed by atoms with Crippen molar-refractivity contribution < 1.29 is 9.53 Å². The summed E-state index contributed by atoms with van der Waals surface area (Å²) in [6.45, 7) is 5.24. The molecule has 2 aromatic carbocycles. The van der Waals surface area contributed by atoms with Gasteiger partial charge in [0.15, 0.2) is 5.96 Å². The lowest BCUT2D eigenvalue weighted by molar-refractivity contribution is -0.116. The zero-order chi connectivity index (χ0) is 21.9. The molecular formula is C23H30ClN5O2. The molecule has 0 unspecified atom stereocenters. The van der Waals surface area contributed by atoms with Gasteiger partial charge in [-0.05, 0) is 35.4 Å². The van der Waals surface area contributed by atoms with Crippen LogP contribution >= 0.6 is 11.6 Å². The molecular weight excluding hydrogens is 414 g/mol. The first-order valence-electron chi connectivity index (χ1n) is 10.5. The molecule has 1 aliphatic rings. The van der Waals surface area contributed by atoms with E-state index in [4.69, 9.17) is 16.3 Å². The van der Waals surface area contributed by atoms with E-state index in [-0.39, 0.29) is 5.91 Å². The van der Waals surface area contributed by atoms with Gasteiger partial charge < -0.3 is 20.7 Å². The van der Waals surface area contributed by atoms with E-state index in [1.807, 2.05) is 48.5 Å². The minimum atomic E-state index is 0.0237. The topological polar surface area (TPSA) is 78.0 Å². The van der Waals surface area contributed by atoms with Crippen LogP contribution in [-0.4, -0.2) is 56.7 Å². The highest BCUT2D eigenvalue weighted by Gasteiger charge is 2.12. The number of rotatable bonds is 8. The number of nitrogens with zero attached hydrogens (tertiary/aromatic N) is 2. The third-order valence-electron chi connectivity index (χ3n) is 5.00. The lowest BCUT2D eigenvalue weighted by Gasteiger charge is -2.26. The molecule has 1 saturated heterocycles. The monoisotopic (exact) mass is 443 g/mol. The van der Waals surface area contributed by atoms with Crippen molar-refractivity contribution in [3.05, 3.63) is 64.7 Å². The zero-order valence-corrected chi connectivity index (χ0v) is 18.6. The first kappa shape index (κ1) is 23.1. The van der Waals surface area contributed by atoms with Crippen LogP contribution in [0.4, 0.5) is 5.69 Å². The molecule has 1 fully saturated rings. The first-order chi connectivity index (χ1) is 15.1. The normalized spacial score (nSPS) is 14.8. The number of anilines is 1. The van der Waals surface area contributed by atoms with Crippen LogP contribution < -0.4 is 16.0 Å². The van der Waals surface area contributed by atoms with Crippen molar-refractivity contribution in [2.45, 2.75) is 19.5 Å². The van der Waals surface area contributed by atoms with Crippen molar-refractivity contribution in [1.29, 1.82) is 0 Å². The maximum atomic E-state index is 12.3. The van der Waals surface area contributed by atoms with Crippen LogP contribution in [0.25, 0.3) is 0 Å². The standard InChI is InChI=1S/C23H30ClN5O2/c1-25-23(26-16-18-4-2-6-20(24)14-18)27-17-19-5-3-7-21(15-19)28-22(30)8-9-29-10-12-31-13-11-29/h2-7,14-15H,8-13,16-17H2,1H3,(H,28,30)(H2,25,26,27). The largest absolute Gasteiger partial charge is 0.379 e. The van der Waals surface area contributed by atoms with E-state index in [1.165, 1.54) is 0 Å². The van der Waals surface area contributed by atoms with E-state index < -0.39 is 0 Å². The summed E-state index contributed by atoms with van der Waals surface area (Å²) < 4.78 is 5.34. The van der Waals surface area contributed by atoms with Gasteiger partial charge in [0.1, 0.15) is 0 Å². The van der Waals surface area contributed by atoms with E-state index in [0.29, 0.717) is 30.5 Å². The van der Waals surface area contributed by atoms with Crippen LogP contribution in [0.2, 0.25) is 5.02 Å². The third kappa shape index (κ3) is 8.20. The van der Waals surface area contributed by atoms with Gasteiger partial charge in [0.2, 0.25) is 5.91 Å². The Kier molecular flexibility index (Phi) is 9.15. The fourth-order valence-corrected chi connectivity index (χ4v) is 3.52. The maximum absolute atomic E-state index is 12.3. The summed E-state index contributed by atoms with van der Waals surface area (Å²) in [5, 5.41) is 10.3. The Hall–Kier alpha value is -2.61. The summed E-state index contributed by atoms with van der Waals surface area (Å²) in [5.74, 6) is 0.718. The minimum Gasteiger partial charge on any atom is -0.379 e. The Morgan fingerprint density at radius 1 is 1.06 bits per heavy atom. The number of hydrogen-bond donors (Lipinski definition) is 3. The molecule has 1 heterocycles. The van der Waals surface area contributed by atoms with Gasteiger partial charge in [-0.25, -0.2) is 0 Å². The molecule has 3 rings (SSSR count). The molecule has 0 aromatic heterocycles. The quantitative estimate of drug-likeness (QED) is 0.432. The van der Waals surface area contributed by atoms with E-state index in [0.717, 1.165) is 49.7 Å². The van der Waals surface area contributed by atoms with Crippen LogP contribution in [0.3, 0.4) is 0 Å². The smallest absolute Gasteiger partial charge is 0.225 e. The number of carbonyl (C=O) groups is 1. The summed E-state index contributed by atoms with van der Waals surface area (Å²) in [6.07, 6.45) is 0.475. The summed E-state index contributed by atoms with van der Waals surface area (Å²) in [6, 6.07) is 15.6. The Labute approximate surface area is 188 Å². The Balaban J connectivity index is 1.43. The third-order valence-corrected chi connectivity index (χ3v) is 5.24. The molecule has 0 spiro atoms. The molecule has 2 aromatic rings. The zero-order valence-electron chi connectivity index (χ0n) is 17.9. The number of nitrogens with one attached hydrogen (secondary N) is 3. The second-order valence-corrected chi connectivity index (χ2v) is 7.80. The van der Waals surface area contributed by atoms with E-state index in [1.54, 1.807) is 7.05 Å². The van der Waals surface area contributed by atoms with Gasteiger partial charge in [-0.15, -0.1) is 0 Å². The number of benzene rings is 2. The molecule has 7 nitrogen and oxygen atoms in total. The van der Waals surface area contributed by atoms with Gasteiger partial charge in [0.25, 0.3) is 0 Å². The Bertz CT molecular complexity index is 884. The first-order valence-corrected chi connectivity index (χ1v) is 10.9. The van der Waals surface area contributed by atoms with E-state index in [9.17, 15) is 4.79 Å². The number of aliphatic imine (C=N–C) groups is 1. The second-order valence-electron chi connectivity index (χ2n) is 7.36. The van der Waals surface area contributed by atoms with Gasteiger partial charge >= 0.3 is 0 Å². The SMILES string of the molecule is CN=C(NCc1cccc(Cl)c1)NCc1cccc(NC(=O)CCN2CCOCC2)c1. The van der Waals surface area contributed by atoms with Crippen LogP contribution in [0.1, 0.15) is 17.5 Å². The van der Waals surface area contributed by atoms with Crippen LogP contribution in [-0.2, 0) is 22.6 Å². The molecule has 0 saturated carbocycles. The molecule has 1 amide bonds. The Morgan fingerprint density at radius 3 is 2.42 bits per heavy atom. The highest BCUT2D eigenvalue weighted by atomic mass is 35.5. The molecule has 31 heavy (non-hydrogen) atoms. The lowest BCUT2D eigenvalue weighted by atomic mass is 10.2. The number of guanidine groups is 1. The summed E-state index contributed by atoms with van der Waals surface area (Å²) in [4.78, 5) is 18.8. The van der Waals surface area contributed by atoms with Gasteiger partial charge in [0.05, 0.1) is 13.2 Å². The summed E-state index contributed by atoms with van der Waals surface area (Å²) in [7, 11) is 1.73. The molecule has 0 radical (unpaired) electrons. The molecule has 1 aliphatic heterocycles. The molecule has 166 valence electrons. The number of hydrogen-bond acceptors (Lipinski definition) is 4. The predicted octanol–water partition coefficient (Wildman–Crippen LogP) is 2.87. The second kappa shape index (κ2) is 12.3. The lowest BCUT2D eigenvalue weighted by Crippen LogP contribution is -2.38. The number of halogens is 1. The van der Waals surface area contributed by atoms with Crippen LogP contribution in [0.5, 0.6) is 0 Å². The van der Waals surface area contributed by atoms with Crippen molar-refractivity contribution in [2.24, 2.45) is 4.99 Å². The Morgan fingerprint density at radius 2 is 1.74 bits per heavy atom. The summed E-state index contributed by atoms with van der Waals surface area (Å²) >= 11 is 6.03. The highest BCUT2D eigenvalue weighted by Crippen LogP contribution is 2.12. The molecule has 0 aliphatic carbocycles. The average molecular weight is 444 g/mol. The van der Waals surface area contributed by atoms with Crippen LogP contribution in [0.15, 0.2) is 53.5 Å². The van der Waals surface area contributed by atoms with Crippen LogP contribution in [0, 0.1) is 0 Å². The van der Waals surface area contributed by atoms with E-state index >= 15 is 0 Å². The average Bonchev–Trinajstić information content (AvgIpc) is 2.79. The molecule has 0 bridgehead atoms. The fraction of sp³-hybridized carbons (Fsp3) is 0.391. The van der Waals surface area contributed by atoms with E-state index in [2.05, 4.69) is 25.8 Å². The number of amides is 1. The van der Waals surface area contributed by atoms with Crippen molar-refractivity contribution in [3.63, 3.8) is 0 Å². The van der Waals surface area contributed by atoms with Crippen molar-refractivity contribution in [3.8, 4) is 0 Å². The molecule has 0 atom stereocenters. The van der Waals surface area contributed by atoms with Crippen molar-refractivity contribution in [1.82, 2.24) is 15.5 Å². The predicted molar refractivity (Wildman–Crippen MR) is 125 cm³/mol. The summed E-state index contributed by atoms with van der Waals surface area (Å²) in [5.41, 5.74) is 2.93. The number of morpholine rings is 1. The molecule has 8 heteroatoms. The highest BCUT2D eigenvalue weighted by molar-refractivity contribution is 6.30. The maximum Gasteiger partial charge on any atom is 0.225 e. The van der Waals surface area contributed by atoms with Crippen molar-refractivity contribution in [2.75, 3.05) is 45.2 Å². The van der Waals surface area contributed by atoms with Gasteiger partial charge in [-0.3, -0.25) is 14.7 Å². The minimum absolute atomic E-state index is 0.0237.